The lowest BCUT2D eigenvalue weighted by molar-refractivity contribution is -0.137. The fourth-order valence-corrected chi connectivity index (χ4v) is 2.12. The molecule has 0 aromatic carbocycles. The summed E-state index contributed by atoms with van der Waals surface area (Å²) in [4.78, 5) is 21.9. The third kappa shape index (κ3) is 6.42. The monoisotopic (exact) mass is 253 g/mol. The topological polar surface area (TPSA) is 66.4 Å². The normalized spacial score (nSPS) is 14.9. The van der Waals surface area contributed by atoms with E-state index in [2.05, 4.69) is 17.5 Å². The first-order valence-corrected chi connectivity index (χ1v) is 6.84. The molecule has 18 heavy (non-hydrogen) atoms. The number of carboxylic acids is 1. The van der Waals surface area contributed by atoms with Crippen LogP contribution in [0.1, 0.15) is 51.4 Å². The summed E-state index contributed by atoms with van der Waals surface area (Å²) in [5.74, 6) is -0.390. The first-order valence-electron chi connectivity index (χ1n) is 6.84. The SMILES string of the molecule is O=C(O)CCCCCCCNC(=O)C1CC=CC1. The molecule has 0 atom stereocenters. The predicted octanol–water partition coefficient (Wildman–Crippen LogP) is 2.49. The van der Waals surface area contributed by atoms with Crippen molar-refractivity contribution in [1.82, 2.24) is 5.32 Å². The Morgan fingerprint density at radius 2 is 1.67 bits per heavy atom. The van der Waals surface area contributed by atoms with Crippen molar-refractivity contribution in [3.63, 3.8) is 0 Å². The van der Waals surface area contributed by atoms with Crippen molar-refractivity contribution in [2.24, 2.45) is 5.92 Å². The number of amides is 1. The van der Waals surface area contributed by atoms with Crippen LogP contribution in [0.25, 0.3) is 0 Å². The average molecular weight is 253 g/mol. The number of unbranched alkanes of at least 4 members (excludes halogenated alkanes) is 4. The van der Waals surface area contributed by atoms with E-state index in [-0.39, 0.29) is 18.2 Å². The number of allylic oxidation sites excluding steroid dienone is 2. The molecule has 4 nitrogen and oxygen atoms in total. The lowest BCUT2D eigenvalue weighted by Crippen LogP contribution is -2.30. The number of carbonyl (C=O) groups is 2. The number of carbonyl (C=O) groups excluding carboxylic acids is 1. The zero-order valence-corrected chi connectivity index (χ0v) is 10.9. The quantitative estimate of drug-likeness (QED) is 0.490. The summed E-state index contributed by atoms with van der Waals surface area (Å²) >= 11 is 0. The lowest BCUT2D eigenvalue weighted by atomic mass is 10.1. The van der Waals surface area contributed by atoms with E-state index in [9.17, 15) is 9.59 Å². The van der Waals surface area contributed by atoms with Crippen molar-refractivity contribution in [2.45, 2.75) is 51.4 Å². The Labute approximate surface area is 108 Å². The van der Waals surface area contributed by atoms with Gasteiger partial charge in [-0.05, 0) is 25.7 Å². The zero-order chi connectivity index (χ0) is 13.2. The van der Waals surface area contributed by atoms with E-state index in [0.29, 0.717) is 0 Å². The predicted molar refractivity (Wildman–Crippen MR) is 70.2 cm³/mol. The molecular formula is C14H23NO3. The summed E-state index contributed by atoms with van der Waals surface area (Å²) in [5.41, 5.74) is 0. The van der Waals surface area contributed by atoms with Crippen LogP contribution in [0, 0.1) is 5.92 Å². The average Bonchev–Trinajstić information content (AvgIpc) is 2.85. The van der Waals surface area contributed by atoms with Gasteiger partial charge in [-0.2, -0.15) is 0 Å². The minimum atomic E-state index is -0.715. The molecule has 0 aromatic heterocycles. The highest BCUT2D eigenvalue weighted by Gasteiger charge is 2.17. The Kier molecular flexibility index (Phi) is 7.14. The Morgan fingerprint density at radius 3 is 2.33 bits per heavy atom. The van der Waals surface area contributed by atoms with Crippen LogP contribution >= 0.6 is 0 Å². The number of nitrogens with one attached hydrogen (secondary N) is 1. The van der Waals surface area contributed by atoms with E-state index in [4.69, 9.17) is 5.11 Å². The molecule has 0 radical (unpaired) electrons. The van der Waals surface area contributed by atoms with Crippen LogP contribution in [0.4, 0.5) is 0 Å². The van der Waals surface area contributed by atoms with E-state index in [1.165, 1.54) is 0 Å². The minimum absolute atomic E-state index is 0.153. The molecule has 1 amide bonds. The second-order valence-corrected chi connectivity index (χ2v) is 4.84. The third-order valence-corrected chi connectivity index (χ3v) is 3.25. The molecular weight excluding hydrogens is 230 g/mol. The molecule has 0 aliphatic heterocycles. The van der Waals surface area contributed by atoms with Gasteiger partial charge in [0.2, 0.25) is 5.91 Å². The maximum atomic E-state index is 11.6. The molecule has 0 fully saturated rings. The molecule has 0 bridgehead atoms. The molecule has 0 saturated heterocycles. The van der Waals surface area contributed by atoms with Gasteiger partial charge in [0.05, 0.1) is 0 Å². The van der Waals surface area contributed by atoms with Crippen molar-refractivity contribution in [3.05, 3.63) is 12.2 Å². The molecule has 1 aliphatic carbocycles. The van der Waals surface area contributed by atoms with Gasteiger partial charge in [-0.3, -0.25) is 9.59 Å². The van der Waals surface area contributed by atoms with Crippen molar-refractivity contribution in [2.75, 3.05) is 6.54 Å². The maximum Gasteiger partial charge on any atom is 0.303 e. The van der Waals surface area contributed by atoms with Gasteiger partial charge in [-0.25, -0.2) is 0 Å². The van der Waals surface area contributed by atoms with E-state index >= 15 is 0 Å². The van der Waals surface area contributed by atoms with E-state index in [1.54, 1.807) is 0 Å². The van der Waals surface area contributed by atoms with Crippen LogP contribution in [0.2, 0.25) is 0 Å². The lowest BCUT2D eigenvalue weighted by Gasteiger charge is -2.10. The Hall–Kier alpha value is -1.32. The van der Waals surface area contributed by atoms with Crippen LogP contribution < -0.4 is 5.32 Å². The van der Waals surface area contributed by atoms with E-state index in [0.717, 1.165) is 51.5 Å². The molecule has 102 valence electrons. The second kappa shape index (κ2) is 8.72. The number of rotatable bonds is 9. The summed E-state index contributed by atoms with van der Waals surface area (Å²) in [6, 6.07) is 0. The van der Waals surface area contributed by atoms with Crippen molar-refractivity contribution in [1.29, 1.82) is 0 Å². The van der Waals surface area contributed by atoms with Crippen LogP contribution in [0.15, 0.2) is 12.2 Å². The van der Waals surface area contributed by atoms with Crippen LogP contribution in [-0.2, 0) is 9.59 Å². The highest BCUT2D eigenvalue weighted by Crippen LogP contribution is 2.17. The maximum absolute atomic E-state index is 11.6. The van der Waals surface area contributed by atoms with Crippen LogP contribution in [-0.4, -0.2) is 23.5 Å². The Morgan fingerprint density at radius 1 is 1.06 bits per heavy atom. The van der Waals surface area contributed by atoms with Crippen LogP contribution in [0.5, 0.6) is 0 Å². The number of hydrogen-bond acceptors (Lipinski definition) is 2. The molecule has 2 N–H and O–H groups in total. The molecule has 4 heteroatoms. The molecule has 0 spiro atoms. The van der Waals surface area contributed by atoms with Gasteiger partial charge in [0.25, 0.3) is 0 Å². The van der Waals surface area contributed by atoms with Gasteiger partial charge in [-0.1, -0.05) is 31.4 Å². The van der Waals surface area contributed by atoms with Gasteiger partial charge in [-0.15, -0.1) is 0 Å². The number of hydrogen-bond donors (Lipinski definition) is 2. The first kappa shape index (κ1) is 14.7. The smallest absolute Gasteiger partial charge is 0.303 e. The number of carboxylic acid groups (broad SMARTS) is 1. The van der Waals surface area contributed by atoms with Crippen molar-refractivity contribution in [3.8, 4) is 0 Å². The zero-order valence-electron chi connectivity index (χ0n) is 10.9. The summed E-state index contributed by atoms with van der Waals surface area (Å²) < 4.78 is 0. The molecule has 0 aromatic rings. The summed E-state index contributed by atoms with van der Waals surface area (Å²) in [6.45, 7) is 0.744. The Bertz CT molecular complexity index is 291. The van der Waals surface area contributed by atoms with Crippen molar-refractivity contribution >= 4 is 11.9 Å². The highest BCUT2D eigenvalue weighted by molar-refractivity contribution is 5.79. The standard InChI is InChI=1S/C14H23NO3/c16-13(17)10-4-2-1-3-7-11-15-14(18)12-8-5-6-9-12/h5-6,12H,1-4,7-11H2,(H,15,18)(H,16,17). The van der Waals surface area contributed by atoms with Gasteiger partial charge < -0.3 is 10.4 Å². The minimum Gasteiger partial charge on any atom is -0.481 e. The van der Waals surface area contributed by atoms with Gasteiger partial charge in [0.15, 0.2) is 0 Å². The van der Waals surface area contributed by atoms with Gasteiger partial charge in [0.1, 0.15) is 0 Å². The Balaban J connectivity index is 1.86. The fourth-order valence-electron chi connectivity index (χ4n) is 2.12. The summed E-state index contributed by atoms with van der Waals surface area (Å²) in [6.07, 6.45) is 11.0. The van der Waals surface area contributed by atoms with Gasteiger partial charge >= 0.3 is 5.97 Å². The van der Waals surface area contributed by atoms with E-state index in [1.807, 2.05) is 0 Å². The summed E-state index contributed by atoms with van der Waals surface area (Å²) in [5, 5.41) is 11.4. The number of aliphatic carboxylic acids is 1. The molecule has 0 saturated carbocycles. The summed E-state index contributed by atoms with van der Waals surface area (Å²) in [7, 11) is 0. The fraction of sp³-hybridized carbons (Fsp3) is 0.714. The molecule has 1 rings (SSSR count). The molecule has 0 heterocycles. The largest absolute Gasteiger partial charge is 0.481 e. The van der Waals surface area contributed by atoms with Crippen molar-refractivity contribution < 1.29 is 14.7 Å². The third-order valence-electron chi connectivity index (χ3n) is 3.25. The van der Waals surface area contributed by atoms with E-state index < -0.39 is 5.97 Å². The van der Waals surface area contributed by atoms with Gasteiger partial charge in [0, 0.05) is 18.9 Å². The molecule has 0 unspecified atom stereocenters. The highest BCUT2D eigenvalue weighted by atomic mass is 16.4. The van der Waals surface area contributed by atoms with Crippen LogP contribution in [0.3, 0.4) is 0 Å². The first-order chi connectivity index (χ1) is 8.70. The second-order valence-electron chi connectivity index (χ2n) is 4.84. The molecule has 1 aliphatic rings.